The lowest BCUT2D eigenvalue weighted by molar-refractivity contribution is -0.313. The molecule has 0 aromatic heterocycles. The number of amides is 2. The Labute approximate surface area is 570 Å². The van der Waals surface area contributed by atoms with E-state index in [2.05, 4.69) is 10.6 Å². The largest absolute Gasteiger partial charge is 0.503 e. The SMILES string of the molecule is NCCC(O)C(=O)NC1CC(N)C(OC2OC(CO)C(O)CC2N)C(OC2OC(CO)C(OC3OC(CN)C(O)C(O)C3O)C2O)C1O.NCCC(O)C(=O)NC1CC(N)C(OC2OC(CO)C(O)CC2N)C(OC2OC(CO)C(OC3OC(CN)C(O)C(O)C3O)C2O)C1O.O=C(O)O. The van der Waals surface area contributed by atoms with Gasteiger partial charge in [0.1, 0.15) is 146 Å². The fourth-order valence-corrected chi connectivity index (χ4v) is 12.6. The second-order valence-electron chi connectivity index (χ2n) is 25.4. The first-order chi connectivity index (χ1) is 47.2. The Hall–Kier alpha value is -3.31. The van der Waals surface area contributed by atoms with Crippen molar-refractivity contribution in [2.75, 3.05) is 52.6 Å². The van der Waals surface area contributed by atoms with Gasteiger partial charge in [-0.2, -0.15) is 0 Å². The average Bonchev–Trinajstić information content (AvgIpc) is 1.60. The van der Waals surface area contributed by atoms with Gasteiger partial charge < -0.3 is 215 Å². The normalized spacial score (nSPS) is 45.9. The van der Waals surface area contributed by atoms with Gasteiger partial charge in [-0.05, 0) is 51.6 Å². The van der Waals surface area contributed by atoms with Crippen LogP contribution in [0, 0.1) is 0 Å². The monoisotopic (exact) mass is 1460 g/mol. The standard InChI is InChI=1S/2C27H51N5O16.CH2O3/c2*28-2-1-11(35)24(42)32-10-3-8(30)21(46-25-9(31)4-12(36)14(6-33)44-25)23(16(10)37)48-27-20(41)22(15(7-34)45-27)47-26-19(40)18(39)17(38)13(5-29)43-26;2-1(3)4/h2*8-23,25-27,33-41H,1-7,28-31H2,(H,32,42);(H2,2,3,4). The molecule has 584 valence electrons. The summed E-state index contributed by atoms with van der Waals surface area (Å²) in [6, 6.07) is -6.09. The molecule has 8 aliphatic rings. The molecule has 0 spiro atoms. The van der Waals surface area contributed by atoms with Crippen molar-refractivity contribution >= 4 is 18.0 Å². The van der Waals surface area contributed by atoms with E-state index in [1.807, 2.05) is 0 Å². The van der Waals surface area contributed by atoms with Gasteiger partial charge in [-0.25, -0.2) is 4.79 Å². The molecule has 45 heteroatoms. The summed E-state index contributed by atoms with van der Waals surface area (Å²) in [4.78, 5) is 33.8. The molecule has 38 N–H and O–H groups in total. The highest BCUT2D eigenvalue weighted by molar-refractivity contribution is 5.81. The van der Waals surface area contributed by atoms with Crippen LogP contribution < -0.4 is 56.5 Å². The highest BCUT2D eigenvalue weighted by atomic mass is 16.8. The van der Waals surface area contributed by atoms with E-state index >= 15 is 0 Å². The zero-order chi connectivity index (χ0) is 74.5. The summed E-state index contributed by atoms with van der Waals surface area (Å²) in [5.74, 6) is -1.68. The van der Waals surface area contributed by atoms with E-state index in [9.17, 15) is 102 Å². The molecular formula is C55H104N10O35. The van der Waals surface area contributed by atoms with E-state index in [1.165, 1.54) is 0 Å². The molecule has 0 aromatic rings. The predicted octanol–water partition coefficient (Wildman–Crippen LogP) is -17.6. The lowest BCUT2D eigenvalue weighted by Gasteiger charge is -2.47. The maximum Gasteiger partial charge on any atom is 0.503 e. The molecular weight excluding hydrogens is 1360 g/mol. The van der Waals surface area contributed by atoms with Gasteiger partial charge in [-0.3, -0.25) is 9.59 Å². The van der Waals surface area contributed by atoms with Crippen molar-refractivity contribution in [3.8, 4) is 0 Å². The summed E-state index contributed by atoms with van der Waals surface area (Å²) in [6.45, 7) is -3.08. The number of nitrogens with two attached hydrogens (primary N) is 8. The molecule has 6 aliphatic heterocycles. The van der Waals surface area contributed by atoms with Crippen LogP contribution in [0.1, 0.15) is 38.5 Å². The molecule has 100 heavy (non-hydrogen) atoms. The average molecular weight is 1470 g/mol. The van der Waals surface area contributed by atoms with E-state index in [-0.39, 0.29) is 64.7 Å². The third kappa shape index (κ3) is 21.1. The van der Waals surface area contributed by atoms with E-state index < -0.39 is 277 Å². The molecule has 0 radical (unpaired) electrons. The Bertz CT molecular complexity index is 2300. The molecule has 8 fully saturated rings. The van der Waals surface area contributed by atoms with Gasteiger partial charge in [-0.15, -0.1) is 0 Å². The number of hydrogen-bond donors (Lipinski definition) is 30. The fourth-order valence-electron chi connectivity index (χ4n) is 12.6. The fraction of sp³-hybridized carbons (Fsp3) is 0.945. The zero-order valence-electron chi connectivity index (χ0n) is 54.0. The number of nitrogens with one attached hydrogen (secondary N) is 2. The second-order valence-corrected chi connectivity index (χ2v) is 25.4. The molecule has 45 nitrogen and oxygen atoms in total. The van der Waals surface area contributed by atoms with Crippen LogP contribution in [0.25, 0.3) is 0 Å². The highest BCUT2D eigenvalue weighted by Crippen LogP contribution is 2.38. The molecule has 6 saturated heterocycles. The van der Waals surface area contributed by atoms with E-state index in [4.69, 9.17) is 118 Å². The number of hydrogen-bond acceptors (Lipinski definition) is 41. The van der Waals surface area contributed by atoms with Crippen molar-refractivity contribution in [3.05, 3.63) is 0 Å². The smallest absolute Gasteiger partial charge is 0.450 e. The molecule has 0 aromatic carbocycles. The molecule has 0 bridgehead atoms. The minimum absolute atomic E-state index is 0.00958. The van der Waals surface area contributed by atoms with Crippen molar-refractivity contribution in [2.24, 2.45) is 45.9 Å². The van der Waals surface area contributed by atoms with Gasteiger partial charge in [0.05, 0.1) is 62.8 Å². The Morgan fingerprint density at radius 1 is 0.360 bits per heavy atom. The number of carbonyl (C=O) groups excluding carboxylic acids is 2. The quantitative estimate of drug-likeness (QED) is 0.0382. The van der Waals surface area contributed by atoms with Crippen LogP contribution in [0.5, 0.6) is 0 Å². The third-order valence-electron chi connectivity index (χ3n) is 18.2. The zero-order valence-corrected chi connectivity index (χ0v) is 54.0. The first kappa shape index (κ1) is 85.6. The van der Waals surface area contributed by atoms with Gasteiger partial charge in [0, 0.05) is 25.2 Å². The molecule has 38 unspecified atom stereocenters. The van der Waals surface area contributed by atoms with Crippen LogP contribution in [0.2, 0.25) is 0 Å². The van der Waals surface area contributed by atoms with Crippen molar-refractivity contribution in [2.45, 2.75) is 271 Å². The Balaban J connectivity index is 0.000000299. The summed E-state index contributed by atoms with van der Waals surface area (Å²) in [7, 11) is 0. The molecule has 2 saturated carbocycles. The van der Waals surface area contributed by atoms with Gasteiger partial charge in [0.15, 0.2) is 37.7 Å². The Morgan fingerprint density at radius 2 is 0.640 bits per heavy atom. The van der Waals surface area contributed by atoms with Crippen molar-refractivity contribution in [3.63, 3.8) is 0 Å². The second kappa shape index (κ2) is 39.3. The number of aliphatic hydroxyl groups excluding tert-OH is 18. The van der Waals surface area contributed by atoms with Crippen LogP contribution in [0.3, 0.4) is 0 Å². The van der Waals surface area contributed by atoms with Crippen LogP contribution in [0.4, 0.5) is 4.79 Å². The van der Waals surface area contributed by atoms with Crippen LogP contribution in [0.15, 0.2) is 0 Å². The van der Waals surface area contributed by atoms with E-state index in [0.29, 0.717) is 0 Å². The minimum Gasteiger partial charge on any atom is -0.450 e. The van der Waals surface area contributed by atoms with Gasteiger partial charge in [0.25, 0.3) is 0 Å². The lowest BCUT2D eigenvalue weighted by atomic mass is 9.83. The lowest BCUT2D eigenvalue weighted by Crippen LogP contribution is -2.67. The topological polar surface area (TPSA) is 799 Å². The first-order valence-electron chi connectivity index (χ1n) is 32.4. The summed E-state index contributed by atoms with van der Waals surface area (Å²) in [5, 5.41) is 206. The van der Waals surface area contributed by atoms with Gasteiger partial charge in [0.2, 0.25) is 11.8 Å². The number of rotatable bonds is 26. The third-order valence-corrected chi connectivity index (χ3v) is 18.2. The first-order valence-corrected chi connectivity index (χ1v) is 32.4. The Kier molecular flexibility index (Phi) is 33.7. The van der Waals surface area contributed by atoms with Crippen LogP contribution >= 0.6 is 0 Å². The van der Waals surface area contributed by atoms with Crippen molar-refractivity contribution < 1.29 is 173 Å². The number of aliphatic hydroxyl groups is 18. The molecule has 6 heterocycles. The van der Waals surface area contributed by atoms with Gasteiger partial charge >= 0.3 is 6.16 Å². The summed E-state index contributed by atoms with van der Waals surface area (Å²) < 4.78 is 69.3. The van der Waals surface area contributed by atoms with Crippen LogP contribution in [-0.4, -0.2) is 405 Å². The maximum absolute atomic E-state index is 12.6. The molecule has 2 amide bonds. The van der Waals surface area contributed by atoms with E-state index in [0.717, 1.165) is 0 Å². The number of ether oxygens (including phenoxy) is 12. The number of carbonyl (C=O) groups is 3. The predicted molar refractivity (Wildman–Crippen MR) is 324 cm³/mol. The summed E-state index contributed by atoms with van der Waals surface area (Å²) >= 11 is 0. The summed E-state index contributed by atoms with van der Waals surface area (Å²) in [6.07, 6.45) is -48.8. The van der Waals surface area contributed by atoms with Crippen LogP contribution in [-0.2, 0) is 66.4 Å². The minimum atomic E-state index is -1.83. The maximum atomic E-state index is 12.6. The Morgan fingerprint density at radius 3 is 0.940 bits per heavy atom. The summed E-state index contributed by atoms with van der Waals surface area (Å²) in [5.41, 5.74) is 47.3. The molecule has 8 rings (SSSR count). The highest BCUT2D eigenvalue weighted by Gasteiger charge is 2.58. The molecule has 2 aliphatic carbocycles. The number of carboxylic acid groups (broad SMARTS) is 2. The van der Waals surface area contributed by atoms with Crippen molar-refractivity contribution in [1.29, 1.82) is 0 Å². The molecule has 38 atom stereocenters. The van der Waals surface area contributed by atoms with E-state index in [1.54, 1.807) is 0 Å². The van der Waals surface area contributed by atoms with Crippen molar-refractivity contribution in [1.82, 2.24) is 10.6 Å². The van der Waals surface area contributed by atoms with Gasteiger partial charge in [-0.1, -0.05) is 0 Å².